The summed E-state index contributed by atoms with van der Waals surface area (Å²) in [5.74, 6) is -0.635. The largest absolute Gasteiger partial charge is 0.338 e. The van der Waals surface area contributed by atoms with Gasteiger partial charge in [0.2, 0.25) is 5.91 Å². The van der Waals surface area contributed by atoms with E-state index in [-0.39, 0.29) is 23.5 Å². The summed E-state index contributed by atoms with van der Waals surface area (Å²) in [6.07, 6.45) is 2.54. The molecule has 0 radical (unpaired) electrons. The average Bonchev–Trinajstić information content (AvgIpc) is 2.91. The number of amides is 4. The van der Waals surface area contributed by atoms with Crippen LogP contribution in [0.15, 0.2) is 16.6 Å². The molecule has 6 nitrogen and oxygen atoms in total. The molecule has 0 unspecified atom stereocenters. The predicted octanol–water partition coefficient (Wildman–Crippen LogP) is 2.24. The number of hydrogen-bond acceptors (Lipinski definition) is 3. The number of imide groups is 1. The fourth-order valence-corrected chi connectivity index (χ4v) is 4.77. The van der Waals surface area contributed by atoms with Crippen LogP contribution in [0.1, 0.15) is 36.8 Å². The zero-order valence-corrected chi connectivity index (χ0v) is 15.7. The Kier molecular flexibility index (Phi) is 4.25. The van der Waals surface area contributed by atoms with Crippen LogP contribution in [-0.4, -0.2) is 34.8 Å². The molecule has 4 amide bonds. The lowest BCUT2D eigenvalue weighted by Gasteiger charge is -2.37. The molecular weight excluding hydrogens is 405 g/mol. The number of nitrogens with one attached hydrogen (secondary N) is 2. The van der Waals surface area contributed by atoms with Gasteiger partial charge in [-0.15, -0.1) is 0 Å². The first kappa shape index (κ1) is 17.5. The van der Waals surface area contributed by atoms with E-state index in [1.807, 2.05) is 0 Å². The topological polar surface area (TPSA) is 78.5 Å². The quantitative estimate of drug-likeness (QED) is 0.679. The van der Waals surface area contributed by atoms with Crippen LogP contribution in [0.25, 0.3) is 0 Å². The zero-order valence-electron chi connectivity index (χ0n) is 14.1. The van der Waals surface area contributed by atoms with Gasteiger partial charge in [-0.1, -0.05) is 15.9 Å². The molecule has 1 aromatic rings. The van der Waals surface area contributed by atoms with Crippen molar-refractivity contribution in [2.24, 2.45) is 5.92 Å². The molecule has 1 aliphatic carbocycles. The van der Waals surface area contributed by atoms with Gasteiger partial charge in [0.25, 0.3) is 5.91 Å². The van der Waals surface area contributed by atoms with Crippen molar-refractivity contribution in [2.45, 2.75) is 44.2 Å². The van der Waals surface area contributed by atoms with Gasteiger partial charge in [0.15, 0.2) is 0 Å². The molecule has 1 saturated heterocycles. The molecule has 0 aromatic heterocycles. The summed E-state index contributed by atoms with van der Waals surface area (Å²) in [7, 11) is 0. The zero-order chi connectivity index (χ0) is 18.5. The van der Waals surface area contributed by atoms with Crippen molar-refractivity contribution in [1.82, 2.24) is 15.5 Å². The van der Waals surface area contributed by atoms with E-state index in [2.05, 4.69) is 26.6 Å². The van der Waals surface area contributed by atoms with E-state index in [9.17, 15) is 18.8 Å². The number of halogens is 2. The van der Waals surface area contributed by atoms with Crippen molar-refractivity contribution in [3.63, 3.8) is 0 Å². The summed E-state index contributed by atoms with van der Waals surface area (Å²) in [5, 5.41) is 4.99. The van der Waals surface area contributed by atoms with E-state index in [4.69, 9.17) is 0 Å². The van der Waals surface area contributed by atoms with Gasteiger partial charge in [0, 0.05) is 23.5 Å². The summed E-state index contributed by atoms with van der Waals surface area (Å²) in [5.41, 5.74) is 0.657. The van der Waals surface area contributed by atoms with Crippen LogP contribution in [0.3, 0.4) is 0 Å². The molecule has 1 saturated carbocycles. The molecular formula is C18H19BrFN3O3. The highest BCUT2D eigenvalue weighted by atomic mass is 79.9. The number of carbonyl (C=O) groups is 3. The van der Waals surface area contributed by atoms with E-state index >= 15 is 0 Å². The third-order valence-corrected chi connectivity index (χ3v) is 6.56. The molecule has 2 N–H and O–H groups in total. The molecule has 3 aliphatic rings. The first-order valence-electron chi connectivity index (χ1n) is 8.78. The van der Waals surface area contributed by atoms with Crippen molar-refractivity contribution < 1.29 is 18.8 Å². The fraction of sp³-hybridized carbons (Fsp3) is 0.500. The van der Waals surface area contributed by atoms with Gasteiger partial charge < -0.3 is 10.2 Å². The van der Waals surface area contributed by atoms with Gasteiger partial charge in [-0.2, -0.15) is 0 Å². The predicted molar refractivity (Wildman–Crippen MR) is 94.6 cm³/mol. The summed E-state index contributed by atoms with van der Waals surface area (Å²) < 4.78 is 14.8. The average molecular weight is 424 g/mol. The Morgan fingerprint density at radius 1 is 1.23 bits per heavy atom. The second-order valence-corrected chi connectivity index (χ2v) is 8.12. The molecule has 4 rings (SSSR count). The van der Waals surface area contributed by atoms with Crippen LogP contribution in [0, 0.1) is 11.7 Å². The number of urea groups is 1. The Hall–Kier alpha value is -1.96. The summed E-state index contributed by atoms with van der Waals surface area (Å²) in [6, 6.07) is 2.66. The van der Waals surface area contributed by atoms with Crippen molar-refractivity contribution in [3.8, 4) is 0 Å². The van der Waals surface area contributed by atoms with Crippen LogP contribution < -0.4 is 10.6 Å². The molecule has 2 heterocycles. The Balaban J connectivity index is 1.44. The molecule has 138 valence electrons. The third-order valence-electron chi connectivity index (χ3n) is 5.81. The maximum atomic E-state index is 14.0. The summed E-state index contributed by atoms with van der Waals surface area (Å²) >= 11 is 3.45. The lowest BCUT2D eigenvalue weighted by atomic mass is 9.76. The third kappa shape index (κ3) is 2.80. The lowest BCUT2D eigenvalue weighted by molar-refractivity contribution is -0.139. The molecule has 0 atom stereocenters. The fourth-order valence-electron chi connectivity index (χ4n) is 4.28. The maximum absolute atomic E-state index is 14.0. The van der Waals surface area contributed by atoms with Crippen LogP contribution in [0.5, 0.6) is 0 Å². The van der Waals surface area contributed by atoms with Gasteiger partial charge in [0.1, 0.15) is 11.4 Å². The number of hydrogen-bond donors (Lipinski definition) is 2. The van der Waals surface area contributed by atoms with E-state index in [0.717, 1.165) is 10.0 Å². The molecule has 2 fully saturated rings. The first-order valence-corrected chi connectivity index (χ1v) is 9.57. The highest BCUT2D eigenvalue weighted by molar-refractivity contribution is 9.10. The van der Waals surface area contributed by atoms with Gasteiger partial charge in [-0.25, -0.2) is 9.18 Å². The first-order chi connectivity index (χ1) is 12.4. The monoisotopic (exact) mass is 423 g/mol. The number of fused-ring (bicyclic) bond motifs is 1. The van der Waals surface area contributed by atoms with E-state index < -0.39 is 11.6 Å². The Morgan fingerprint density at radius 3 is 2.62 bits per heavy atom. The molecule has 1 aromatic carbocycles. The van der Waals surface area contributed by atoms with Crippen molar-refractivity contribution in [3.05, 3.63) is 33.5 Å². The van der Waals surface area contributed by atoms with Crippen molar-refractivity contribution in [1.29, 1.82) is 0 Å². The van der Waals surface area contributed by atoms with Gasteiger partial charge in [-0.3, -0.25) is 14.9 Å². The maximum Gasteiger partial charge on any atom is 0.322 e. The smallest absolute Gasteiger partial charge is 0.322 e. The second kappa shape index (κ2) is 6.33. The van der Waals surface area contributed by atoms with E-state index in [1.165, 1.54) is 6.07 Å². The Labute approximate surface area is 158 Å². The number of rotatable bonds is 1. The van der Waals surface area contributed by atoms with Crippen LogP contribution in [-0.2, 0) is 22.6 Å². The van der Waals surface area contributed by atoms with Crippen molar-refractivity contribution in [2.75, 3.05) is 6.54 Å². The lowest BCUT2D eigenvalue weighted by Crippen LogP contribution is -2.51. The minimum absolute atomic E-state index is 0.0476. The number of benzene rings is 1. The van der Waals surface area contributed by atoms with Crippen molar-refractivity contribution >= 4 is 33.8 Å². The van der Waals surface area contributed by atoms with E-state index in [1.54, 1.807) is 11.0 Å². The highest BCUT2D eigenvalue weighted by Crippen LogP contribution is 2.36. The molecule has 26 heavy (non-hydrogen) atoms. The molecule has 1 spiro atoms. The molecule has 8 heteroatoms. The second-order valence-electron chi connectivity index (χ2n) is 7.26. The Bertz CT molecular complexity index is 805. The molecule has 2 aliphatic heterocycles. The highest BCUT2D eigenvalue weighted by Gasteiger charge is 2.49. The van der Waals surface area contributed by atoms with Gasteiger partial charge in [0.05, 0.1) is 0 Å². The van der Waals surface area contributed by atoms with E-state index in [0.29, 0.717) is 50.8 Å². The Morgan fingerprint density at radius 2 is 1.96 bits per heavy atom. The number of nitrogens with zero attached hydrogens (tertiary/aromatic N) is 1. The molecule has 0 bridgehead atoms. The summed E-state index contributed by atoms with van der Waals surface area (Å²) in [4.78, 5) is 38.1. The standard InChI is InChI=1S/C18H19BrFN3O3/c19-13-1-2-14(20)11-5-8-23(9-12(11)13)15(24)10-3-6-18(7-4-10)16(25)21-17(26)22-18/h1-2,10H,3-9H2,(H2,21,22,25,26). The van der Waals surface area contributed by atoms with Crippen LogP contribution in [0.4, 0.5) is 9.18 Å². The van der Waals surface area contributed by atoms with Crippen LogP contribution >= 0.6 is 15.9 Å². The normalized spacial score (nSPS) is 27.9. The summed E-state index contributed by atoms with van der Waals surface area (Å²) in [6.45, 7) is 0.892. The van der Waals surface area contributed by atoms with Gasteiger partial charge in [-0.05, 0) is 55.4 Å². The number of carbonyl (C=O) groups excluding carboxylic acids is 3. The van der Waals surface area contributed by atoms with Gasteiger partial charge >= 0.3 is 6.03 Å². The minimum Gasteiger partial charge on any atom is -0.338 e. The van der Waals surface area contributed by atoms with Crippen LogP contribution in [0.2, 0.25) is 0 Å². The minimum atomic E-state index is -0.853. The SMILES string of the molecule is O=C1NC(=O)C2(CCC(C(=O)N3CCc4c(F)ccc(Br)c4C3)CC2)N1.